The molecule has 7 heteroatoms. The zero-order valence-electron chi connectivity index (χ0n) is 22.3. The van der Waals surface area contributed by atoms with Crippen LogP contribution in [0.2, 0.25) is 10.0 Å². The Bertz CT molecular complexity index is 1160. The summed E-state index contributed by atoms with van der Waals surface area (Å²) in [6, 6.07) is 21.8. The van der Waals surface area contributed by atoms with Crippen molar-refractivity contribution in [3.05, 3.63) is 99.5 Å². The van der Waals surface area contributed by atoms with E-state index < -0.39 is 6.04 Å². The average molecular weight is 556 g/mol. The number of hydrogen-bond acceptors (Lipinski definition) is 3. The van der Waals surface area contributed by atoms with Gasteiger partial charge >= 0.3 is 0 Å². The van der Waals surface area contributed by atoms with Crippen molar-refractivity contribution in [2.45, 2.75) is 58.5 Å². The second-order valence-corrected chi connectivity index (χ2v) is 10.4. The summed E-state index contributed by atoms with van der Waals surface area (Å²) in [5.74, 6) is 0.428. The molecule has 5 nitrogen and oxygen atoms in total. The molecule has 3 rings (SSSR count). The molecule has 3 aromatic rings. The lowest BCUT2D eigenvalue weighted by Crippen LogP contribution is -2.52. The molecular weight excluding hydrogens is 519 g/mol. The van der Waals surface area contributed by atoms with Gasteiger partial charge in [0.05, 0.1) is 0 Å². The maximum Gasteiger partial charge on any atom is 0.261 e. The number of benzene rings is 3. The maximum absolute atomic E-state index is 13.7. The predicted molar refractivity (Wildman–Crippen MR) is 155 cm³/mol. The zero-order valence-corrected chi connectivity index (χ0v) is 23.8. The smallest absolute Gasteiger partial charge is 0.261 e. The third kappa shape index (κ3) is 8.50. The highest BCUT2D eigenvalue weighted by Crippen LogP contribution is 2.27. The number of amides is 2. The number of carbonyl (C=O) groups is 2. The van der Waals surface area contributed by atoms with Crippen LogP contribution < -0.4 is 10.1 Å². The molecule has 0 radical (unpaired) electrons. The largest absolute Gasteiger partial charge is 0.484 e. The van der Waals surface area contributed by atoms with Gasteiger partial charge in [0.15, 0.2) is 6.61 Å². The van der Waals surface area contributed by atoms with Gasteiger partial charge in [0, 0.05) is 35.1 Å². The monoisotopic (exact) mass is 554 g/mol. The fourth-order valence-corrected chi connectivity index (χ4v) is 4.61. The Morgan fingerprint density at radius 3 is 2.18 bits per heavy atom. The van der Waals surface area contributed by atoms with Gasteiger partial charge in [-0.15, -0.1) is 0 Å². The van der Waals surface area contributed by atoms with E-state index in [9.17, 15) is 9.59 Å². The van der Waals surface area contributed by atoms with Crippen LogP contribution in [-0.2, 0) is 22.6 Å². The van der Waals surface area contributed by atoms with Gasteiger partial charge in [-0.3, -0.25) is 9.59 Å². The van der Waals surface area contributed by atoms with Crippen molar-refractivity contribution in [2.24, 2.45) is 0 Å². The third-order valence-electron chi connectivity index (χ3n) is 6.40. The molecule has 202 valence electrons. The van der Waals surface area contributed by atoms with Crippen LogP contribution >= 0.6 is 23.2 Å². The molecule has 0 saturated carbocycles. The molecule has 0 aliphatic carbocycles. The van der Waals surface area contributed by atoms with Gasteiger partial charge in [0.25, 0.3) is 5.91 Å². The number of halogens is 2. The van der Waals surface area contributed by atoms with Crippen LogP contribution in [0.15, 0.2) is 72.8 Å². The summed E-state index contributed by atoms with van der Waals surface area (Å²) < 4.78 is 5.87. The van der Waals surface area contributed by atoms with Gasteiger partial charge in [-0.2, -0.15) is 0 Å². The summed E-state index contributed by atoms with van der Waals surface area (Å²) >= 11 is 13.0. The van der Waals surface area contributed by atoms with Crippen molar-refractivity contribution in [3.63, 3.8) is 0 Å². The van der Waals surface area contributed by atoms with Crippen molar-refractivity contribution in [1.29, 1.82) is 0 Å². The Labute approximate surface area is 236 Å². The first-order chi connectivity index (χ1) is 18.3. The summed E-state index contributed by atoms with van der Waals surface area (Å²) in [7, 11) is 0. The first-order valence-electron chi connectivity index (χ1n) is 13.1. The molecule has 0 saturated heterocycles. The van der Waals surface area contributed by atoms with Gasteiger partial charge < -0.3 is 15.0 Å². The summed E-state index contributed by atoms with van der Waals surface area (Å²) in [4.78, 5) is 28.7. The van der Waals surface area contributed by atoms with E-state index in [1.165, 1.54) is 10.5 Å². The van der Waals surface area contributed by atoms with Gasteiger partial charge in [0.2, 0.25) is 5.91 Å². The normalized spacial score (nSPS) is 11.7. The highest BCUT2D eigenvalue weighted by Gasteiger charge is 2.31. The van der Waals surface area contributed by atoms with Crippen molar-refractivity contribution >= 4 is 35.0 Å². The Morgan fingerprint density at radius 2 is 1.58 bits per heavy atom. The van der Waals surface area contributed by atoms with E-state index in [4.69, 9.17) is 27.9 Å². The number of nitrogens with zero attached hydrogens (tertiary/aromatic N) is 1. The molecule has 0 aromatic heterocycles. The first kappa shape index (κ1) is 29.5. The number of unbranched alkanes of at least 4 members (excludes halogenated alkanes) is 1. The molecule has 0 unspecified atom stereocenters. The van der Waals surface area contributed by atoms with Crippen LogP contribution in [0.4, 0.5) is 0 Å². The van der Waals surface area contributed by atoms with Gasteiger partial charge in [-0.05, 0) is 47.7 Å². The number of rotatable bonds is 13. The predicted octanol–water partition coefficient (Wildman–Crippen LogP) is 7.05. The Kier molecular flexibility index (Phi) is 11.5. The zero-order chi connectivity index (χ0) is 27.5. The minimum Gasteiger partial charge on any atom is -0.484 e. The molecular formula is C31H36Cl2N2O3. The van der Waals surface area contributed by atoms with E-state index >= 15 is 0 Å². The van der Waals surface area contributed by atoms with Crippen LogP contribution in [0.3, 0.4) is 0 Å². The molecule has 1 N–H and O–H groups in total. The molecule has 0 aliphatic heterocycles. The molecule has 0 aliphatic rings. The summed E-state index contributed by atoms with van der Waals surface area (Å²) in [6.45, 7) is 6.69. The molecule has 38 heavy (non-hydrogen) atoms. The van der Waals surface area contributed by atoms with Crippen LogP contribution in [-0.4, -0.2) is 35.9 Å². The van der Waals surface area contributed by atoms with Crippen LogP contribution in [0.1, 0.15) is 56.2 Å². The van der Waals surface area contributed by atoms with Crippen LogP contribution in [0.5, 0.6) is 5.75 Å². The molecule has 0 spiro atoms. The topological polar surface area (TPSA) is 58.6 Å². The highest BCUT2D eigenvalue weighted by molar-refractivity contribution is 6.36. The fraction of sp³-hybridized carbons (Fsp3) is 0.355. The third-order valence-corrected chi connectivity index (χ3v) is 7.11. The maximum atomic E-state index is 13.7. The Balaban J connectivity index is 1.91. The Hall–Kier alpha value is -3.02. The van der Waals surface area contributed by atoms with Crippen LogP contribution in [0, 0.1) is 0 Å². The Morgan fingerprint density at radius 1 is 0.921 bits per heavy atom. The van der Waals surface area contributed by atoms with Gasteiger partial charge in [-0.25, -0.2) is 0 Å². The summed E-state index contributed by atoms with van der Waals surface area (Å²) in [5, 5.41) is 3.88. The molecule has 0 heterocycles. The average Bonchev–Trinajstić information content (AvgIpc) is 2.91. The van der Waals surface area contributed by atoms with E-state index in [0.717, 1.165) is 18.4 Å². The van der Waals surface area contributed by atoms with Gasteiger partial charge in [0.1, 0.15) is 11.8 Å². The van der Waals surface area contributed by atoms with Crippen molar-refractivity contribution in [1.82, 2.24) is 10.2 Å². The van der Waals surface area contributed by atoms with Crippen molar-refractivity contribution in [2.75, 3.05) is 13.2 Å². The summed E-state index contributed by atoms with van der Waals surface area (Å²) in [6.07, 6.45) is 2.14. The fourth-order valence-electron chi connectivity index (χ4n) is 4.09. The highest BCUT2D eigenvalue weighted by atomic mass is 35.5. The lowest BCUT2D eigenvalue weighted by atomic mass is 10.0. The standard InChI is InChI=1S/C31H36Cl2N2O3/c1-4-5-18-34-31(37)29(19-23-10-7-6-8-11-23)35(20-26-27(32)12-9-13-28(26)33)30(36)21-38-25-16-14-24(15-17-25)22(2)3/h6-17,22,29H,4-5,18-21H2,1-3H3,(H,34,37)/t29-/m1/s1. The number of carbonyl (C=O) groups excluding carboxylic acids is 2. The van der Waals surface area contributed by atoms with Crippen molar-refractivity contribution < 1.29 is 14.3 Å². The second kappa shape index (κ2) is 14.8. The summed E-state index contributed by atoms with van der Waals surface area (Å²) in [5.41, 5.74) is 2.71. The second-order valence-electron chi connectivity index (χ2n) is 9.58. The SMILES string of the molecule is CCCCNC(=O)[C@@H](Cc1ccccc1)N(Cc1c(Cl)cccc1Cl)C(=O)COc1ccc(C(C)C)cc1. The van der Waals surface area contributed by atoms with E-state index in [1.807, 2.05) is 54.6 Å². The van der Waals surface area contributed by atoms with E-state index in [2.05, 4.69) is 26.1 Å². The van der Waals surface area contributed by atoms with E-state index in [0.29, 0.717) is 40.2 Å². The number of ether oxygens (including phenoxy) is 1. The van der Waals surface area contributed by atoms with E-state index in [-0.39, 0.29) is 25.0 Å². The van der Waals surface area contributed by atoms with Gasteiger partial charge in [-0.1, -0.05) is 98.9 Å². The lowest BCUT2D eigenvalue weighted by molar-refractivity contribution is -0.142. The minimum atomic E-state index is -0.777. The molecule has 2 amide bonds. The molecule has 3 aromatic carbocycles. The van der Waals surface area contributed by atoms with Crippen molar-refractivity contribution in [3.8, 4) is 5.75 Å². The number of hydrogen-bond donors (Lipinski definition) is 1. The number of nitrogens with one attached hydrogen (secondary N) is 1. The quantitative estimate of drug-likeness (QED) is 0.230. The molecule has 1 atom stereocenters. The van der Waals surface area contributed by atoms with E-state index in [1.54, 1.807) is 18.2 Å². The van der Waals surface area contributed by atoms with Crippen LogP contribution in [0.25, 0.3) is 0 Å². The first-order valence-corrected chi connectivity index (χ1v) is 13.8. The lowest BCUT2D eigenvalue weighted by Gasteiger charge is -2.32. The minimum absolute atomic E-state index is 0.0751. The molecule has 0 fully saturated rings. The molecule has 0 bridgehead atoms.